The van der Waals surface area contributed by atoms with Crippen LogP contribution in [0.5, 0.6) is 0 Å². The van der Waals surface area contributed by atoms with Crippen molar-refractivity contribution in [3.05, 3.63) is 16.1 Å². The monoisotopic (exact) mass is 288 g/mol. The van der Waals surface area contributed by atoms with Gasteiger partial charge in [-0.3, -0.25) is 0 Å². The van der Waals surface area contributed by atoms with E-state index in [0.29, 0.717) is 18.1 Å². The Labute approximate surface area is 113 Å². The molecule has 0 radical (unpaired) electrons. The first kappa shape index (κ1) is 14.0. The van der Waals surface area contributed by atoms with E-state index in [1.807, 2.05) is 6.20 Å². The maximum absolute atomic E-state index is 11.6. The first-order chi connectivity index (χ1) is 8.59. The van der Waals surface area contributed by atoms with Crippen LogP contribution in [0.4, 0.5) is 0 Å². The second kappa shape index (κ2) is 6.12. The lowest BCUT2D eigenvalue weighted by atomic mass is 10.0. The molecule has 1 aliphatic heterocycles. The molecule has 0 aliphatic carbocycles. The SMILES string of the molecule is NCCCc1cnc(CC2CCCS(=O)(=O)C2)s1. The number of rotatable bonds is 5. The summed E-state index contributed by atoms with van der Waals surface area (Å²) >= 11 is 1.71. The van der Waals surface area contributed by atoms with Gasteiger partial charge in [0.05, 0.1) is 16.5 Å². The fourth-order valence-corrected chi connectivity index (χ4v) is 5.21. The van der Waals surface area contributed by atoms with Gasteiger partial charge in [0.15, 0.2) is 9.84 Å². The molecule has 0 amide bonds. The Hall–Kier alpha value is -0.460. The minimum absolute atomic E-state index is 0.261. The van der Waals surface area contributed by atoms with Crippen LogP contribution in [0.15, 0.2) is 6.20 Å². The Morgan fingerprint density at radius 1 is 1.50 bits per heavy atom. The molecule has 4 nitrogen and oxygen atoms in total. The fraction of sp³-hybridized carbons (Fsp3) is 0.750. The van der Waals surface area contributed by atoms with Gasteiger partial charge < -0.3 is 5.73 Å². The molecular formula is C12H20N2O2S2. The Morgan fingerprint density at radius 2 is 2.33 bits per heavy atom. The molecule has 1 unspecified atom stereocenters. The van der Waals surface area contributed by atoms with Crippen LogP contribution in [-0.4, -0.2) is 31.5 Å². The van der Waals surface area contributed by atoms with Crippen LogP contribution in [0.1, 0.15) is 29.1 Å². The van der Waals surface area contributed by atoms with E-state index in [4.69, 9.17) is 5.73 Å². The van der Waals surface area contributed by atoms with Gasteiger partial charge in [-0.05, 0) is 38.1 Å². The highest BCUT2D eigenvalue weighted by Gasteiger charge is 2.25. The quantitative estimate of drug-likeness (QED) is 0.889. The van der Waals surface area contributed by atoms with E-state index in [1.54, 1.807) is 11.3 Å². The number of aryl methyl sites for hydroxylation is 1. The zero-order chi connectivity index (χ0) is 13.0. The topological polar surface area (TPSA) is 73.0 Å². The van der Waals surface area contributed by atoms with Gasteiger partial charge in [0.1, 0.15) is 0 Å². The third-order valence-corrected chi connectivity index (χ3v) is 6.22. The molecule has 18 heavy (non-hydrogen) atoms. The first-order valence-corrected chi connectivity index (χ1v) is 9.07. The maximum Gasteiger partial charge on any atom is 0.150 e. The molecule has 1 saturated heterocycles. The highest BCUT2D eigenvalue weighted by molar-refractivity contribution is 7.91. The van der Waals surface area contributed by atoms with E-state index in [9.17, 15) is 8.42 Å². The number of thiazole rings is 1. The second-order valence-corrected chi connectivity index (χ2v) is 8.37. The van der Waals surface area contributed by atoms with Crippen LogP contribution >= 0.6 is 11.3 Å². The van der Waals surface area contributed by atoms with E-state index in [0.717, 1.165) is 37.1 Å². The molecule has 0 saturated carbocycles. The summed E-state index contributed by atoms with van der Waals surface area (Å²) in [7, 11) is -2.80. The van der Waals surface area contributed by atoms with Crippen molar-refractivity contribution < 1.29 is 8.42 Å². The predicted molar refractivity (Wildman–Crippen MR) is 74.6 cm³/mol. The molecule has 0 spiro atoms. The molecule has 2 N–H and O–H groups in total. The first-order valence-electron chi connectivity index (χ1n) is 6.43. The van der Waals surface area contributed by atoms with Gasteiger partial charge in [-0.15, -0.1) is 11.3 Å². The number of sulfone groups is 1. The lowest BCUT2D eigenvalue weighted by Crippen LogP contribution is -2.26. The maximum atomic E-state index is 11.6. The van der Waals surface area contributed by atoms with Crippen LogP contribution in [-0.2, 0) is 22.7 Å². The number of hydrogen-bond acceptors (Lipinski definition) is 5. The molecular weight excluding hydrogens is 268 g/mol. The molecule has 2 heterocycles. The second-order valence-electron chi connectivity index (χ2n) is 4.94. The average molecular weight is 288 g/mol. The summed E-state index contributed by atoms with van der Waals surface area (Å²) in [4.78, 5) is 5.65. The Balaban J connectivity index is 1.91. The van der Waals surface area contributed by atoms with E-state index < -0.39 is 9.84 Å². The van der Waals surface area contributed by atoms with Gasteiger partial charge in [-0.25, -0.2) is 13.4 Å². The lowest BCUT2D eigenvalue weighted by Gasteiger charge is -2.20. The van der Waals surface area contributed by atoms with Crippen molar-refractivity contribution in [2.75, 3.05) is 18.1 Å². The summed E-state index contributed by atoms with van der Waals surface area (Å²) < 4.78 is 23.1. The van der Waals surface area contributed by atoms with Gasteiger partial charge in [-0.2, -0.15) is 0 Å². The third-order valence-electron chi connectivity index (χ3n) is 3.25. The Bertz CT molecular complexity index is 482. The summed E-state index contributed by atoms with van der Waals surface area (Å²) in [5.41, 5.74) is 5.48. The smallest absolute Gasteiger partial charge is 0.150 e. The largest absolute Gasteiger partial charge is 0.330 e. The number of nitrogens with zero attached hydrogens (tertiary/aromatic N) is 1. The van der Waals surface area contributed by atoms with Crippen LogP contribution in [0.3, 0.4) is 0 Å². The fourth-order valence-electron chi connectivity index (χ4n) is 2.36. The Kier molecular flexibility index (Phi) is 4.75. The minimum Gasteiger partial charge on any atom is -0.330 e. The summed E-state index contributed by atoms with van der Waals surface area (Å²) in [6, 6.07) is 0. The number of nitrogens with two attached hydrogens (primary N) is 1. The third kappa shape index (κ3) is 4.03. The standard InChI is InChI=1S/C12H20N2O2S2/c13-5-1-4-11-8-14-12(17-11)7-10-3-2-6-18(15,16)9-10/h8,10H,1-7,9,13H2. The van der Waals surface area contributed by atoms with Crippen molar-refractivity contribution in [2.45, 2.75) is 32.1 Å². The molecule has 102 valence electrons. The Morgan fingerprint density at radius 3 is 3.06 bits per heavy atom. The zero-order valence-electron chi connectivity index (χ0n) is 10.5. The summed E-state index contributed by atoms with van der Waals surface area (Å²) in [6.07, 6.45) is 6.51. The number of hydrogen-bond donors (Lipinski definition) is 1. The van der Waals surface area contributed by atoms with E-state index in [-0.39, 0.29) is 5.92 Å². The van der Waals surface area contributed by atoms with Gasteiger partial charge in [0.25, 0.3) is 0 Å². The number of aromatic nitrogens is 1. The van der Waals surface area contributed by atoms with E-state index >= 15 is 0 Å². The summed E-state index contributed by atoms with van der Waals surface area (Å²) in [5.74, 6) is 0.964. The zero-order valence-corrected chi connectivity index (χ0v) is 12.1. The molecule has 0 bridgehead atoms. The van der Waals surface area contributed by atoms with Crippen molar-refractivity contribution in [1.29, 1.82) is 0 Å². The van der Waals surface area contributed by atoms with Crippen LogP contribution < -0.4 is 5.73 Å². The van der Waals surface area contributed by atoms with Crippen molar-refractivity contribution in [3.63, 3.8) is 0 Å². The summed E-state index contributed by atoms with van der Waals surface area (Å²) in [5, 5.41) is 1.07. The predicted octanol–water partition coefficient (Wildman–Crippen LogP) is 1.40. The molecule has 2 rings (SSSR count). The van der Waals surface area contributed by atoms with Gasteiger partial charge >= 0.3 is 0 Å². The average Bonchev–Trinajstić information content (AvgIpc) is 2.73. The van der Waals surface area contributed by atoms with Gasteiger partial charge in [-0.1, -0.05) is 0 Å². The molecule has 1 aromatic heterocycles. The summed E-state index contributed by atoms with van der Waals surface area (Å²) in [6.45, 7) is 0.702. The minimum atomic E-state index is -2.80. The van der Waals surface area contributed by atoms with Crippen molar-refractivity contribution in [2.24, 2.45) is 11.7 Å². The molecule has 1 aromatic rings. The molecule has 1 aliphatic rings. The van der Waals surface area contributed by atoms with Crippen molar-refractivity contribution in [3.8, 4) is 0 Å². The highest BCUT2D eigenvalue weighted by atomic mass is 32.2. The van der Waals surface area contributed by atoms with E-state index in [2.05, 4.69) is 4.98 Å². The molecule has 1 atom stereocenters. The van der Waals surface area contributed by atoms with Crippen LogP contribution in [0.25, 0.3) is 0 Å². The van der Waals surface area contributed by atoms with Crippen LogP contribution in [0, 0.1) is 5.92 Å². The van der Waals surface area contributed by atoms with Gasteiger partial charge in [0.2, 0.25) is 0 Å². The molecule has 1 fully saturated rings. The van der Waals surface area contributed by atoms with Crippen LogP contribution in [0.2, 0.25) is 0 Å². The van der Waals surface area contributed by atoms with Crippen molar-refractivity contribution in [1.82, 2.24) is 4.98 Å². The van der Waals surface area contributed by atoms with Crippen molar-refractivity contribution >= 4 is 21.2 Å². The molecule has 0 aromatic carbocycles. The normalized spacial score (nSPS) is 23.1. The van der Waals surface area contributed by atoms with Gasteiger partial charge in [0, 0.05) is 17.5 Å². The lowest BCUT2D eigenvalue weighted by molar-refractivity contribution is 0.483. The highest BCUT2D eigenvalue weighted by Crippen LogP contribution is 2.24. The molecule has 6 heteroatoms. The van der Waals surface area contributed by atoms with E-state index in [1.165, 1.54) is 4.88 Å².